The molecule has 2 aromatic carbocycles. The van der Waals surface area contributed by atoms with Crippen LogP contribution < -0.4 is 10.9 Å². The van der Waals surface area contributed by atoms with Crippen molar-refractivity contribution < 1.29 is 14.3 Å². The second kappa shape index (κ2) is 8.27. The van der Waals surface area contributed by atoms with Crippen LogP contribution in [0.3, 0.4) is 0 Å². The molecular formula is C24H20FN3O3S. The lowest BCUT2D eigenvalue weighted by molar-refractivity contribution is -0.116. The number of aromatic hydroxyl groups is 1. The van der Waals surface area contributed by atoms with Gasteiger partial charge in [-0.05, 0) is 42.2 Å². The molecule has 2 heterocycles. The van der Waals surface area contributed by atoms with E-state index in [4.69, 9.17) is 0 Å². The summed E-state index contributed by atoms with van der Waals surface area (Å²) in [5, 5.41) is 13.6. The molecule has 0 spiro atoms. The van der Waals surface area contributed by atoms with Gasteiger partial charge in [0.05, 0.1) is 5.56 Å². The number of phenolic OH excluding ortho intramolecular Hbond substituents is 1. The van der Waals surface area contributed by atoms with Crippen molar-refractivity contribution >= 4 is 23.4 Å². The Kier molecular flexibility index (Phi) is 5.30. The lowest BCUT2D eigenvalue weighted by atomic mass is 9.76. The van der Waals surface area contributed by atoms with E-state index in [1.807, 2.05) is 0 Å². The first kappa shape index (κ1) is 20.5. The van der Waals surface area contributed by atoms with Crippen molar-refractivity contribution in [3.8, 4) is 5.75 Å². The molecule has 3 N–H and O–H groups in total. The Labute approximate surface area is 187 Å². The summed E-state index contributed by atoms with van der Waals surface area (Å²) < 4.78 is 14.0. The Hall–Kier alpha value is -3.39. The standard InChI is InChI=1S/C24H20FN3O3S/c25-16-8-2-1-5-14(16)12-32-24-27-22-21(23(31)28-24)19(13-6-3-7-15(29)11-13)20-17(26-22)9-4-10-18(20)30/h1-3,5-8,11,19,29H,4,9-10,12H2,(H2,26,27,28,31). The van der Waals surface area contributed by atoms with Gasteiger partial charge in [-0.25, -0.2) is 9.37 Å². The van der Waals surface area contributed by atoms with E-state index in [9.17, 15) is 19.1 Å². The van der Waals surface area contributed by atoms with Crippen molar-refractivity contribution in [1.29, 1.82) is 0 Å². The van der Waals surface area contributed by atoms with Gasteiger partial charge in [-0.3, -0.25) is 9.59 Å². The van der Waals surface area contributed by atoms with Crippen molar-refractivity contribution in [2.24, 2.45) is 0 Å². The average molecular weight is 450 g/mol. The highest BCUT2D eigenvalue weighted by Crippen LogP contribution is 2.44. The zero-order valence-electron chi connectivity index (χ0n) is 17.0. The summed E-state index contributed by atoms with van der Waals surface area (Å²) in [6.07, 6.45) is 1.83. The summed E-state index contributed by atoms with van der Waals surface area (Å²) >= 11 is 1.23. The Bertz CT molecular complexity index is 1320. The van der Waals surface area contributed by atoms with Crippen molar-refractivity contribution in [2.75, 3.05) is 5.32 Å². The van der Waals surface area contributed by atoms with Crippen LogP contribution in [0.2, 0.25) is 0 Å². The molecule has 8 heteroatoms. The van der Waals surface area contributed by atoms with E-state index in [0.717, 1.165) is 12.1 Å². The predicted molar refractivity (Wildman–Crippen MR) is 120 cm³/mol. The van der Waals surface area contributed by atoms with Crippen molar-refractivity contribution in [2.45, 2.75) is 36.1 Å². The number of Topliss-reactive ketones (excluding diaryl/α,β-unsaturated/α-hetero) is 1. The van der Waals surface area contributed by atoms with Crippen LogP contribution >= 0.6 is 11.8 Å². The molecular weight excluding hydrogens is 429 g/mol. The number of nitrogens with zero attached hydrogens (tertiary/aromatic N) is 1. The van der Waals surface area contributed by atoms with Crippen molar-refractivity contribution in [3.63, 3.8) is 0 Å². The molecule has 0 amide bonds. The number of carbonyl (C=O) groups excluding carboxylic acids is 1. The summed E-state index contributed by atoms with van der Waals surface area (Å²) in [6, 6.07) is 13.1. The summed E-state index contributed by atoms with van der Waals surface area (Å²) in [5.41, 5.74) is 2.50. The lowest BCUT2D eigenvalue weighted by Gasteiger charge is -2.32. The van der Waals surface area contributed by atoms with E-state index in [2.05, 4.69) is 15.3 Å². The van der Waals surface area contributed by atoms with E-state index in [1.165, 1.54) is 17.8 Å². The van der Waals surface area contributed by atoms with Crippen LogP contribution in [0.1, 0.15) is 41.9 Å². The number of allylic oxidation sites excluding steroid dienone is 2. The quantitative estimate of drug-likeness (QED) is 0.402. The number of rotatable bonds is 4. The SMILES string of the molecule is O=C1CCCC2=C1C(c1cccc(O)c1)c1c(nc(SCc3ccccc3F)[nH]c1=O)N2. The van der Waals surface area contributed by atoms with E-state index >= 15 is 0 Å². The normalized spacial score (nSPS) is 17.5. The van der Waals surface area contributed by atoms with Gasteiger partial charge < -0.3 is 15.4 Å². The molecule has 1 aliphatic heterocycles. The van der Waals surface area contributed by atoms with Crippen LogP contribution in [0.25, 0.3) is 0 Å². The van der Waals surface area contributed by atoms with Crippen LogP contribution in [0.5, 0.6) is 5.75 Å². The molecule has 32 heavy (non-hydrogen) atoms. The molecule has 1 aromatic heterocycles. The highest BCUT2D eigenvalue weighted by molar-refractivity contribution is 7.98. The Morgan fingerprint density at radius 1 is 1.12 bits per heavy atom. The molecule has 0 radical (unpaired) electrons. The highest BCUT2D eigenvalue weighted by Gasteiger charge is 2.37. The third-order valence-electron chi connectivity index (χ3n) is 5.76. The minimum atomic E-state index is -0.608. The minimum absolute atomic E-state index is 0.00449. The van der Waals surface area contributed by atoms with Gasteiger partial charge in [-0.15, -0.1) is 0 Å². The molecule has 5 rings (SSSR count). The van der Waals surface area contributed by atoms with Gasteiger partial charge in [0.15, 0.2) is 10.9 Å². The number of thioether (sulfide) groups is 1. The fraction of sp³-hybridized carbons (Fsp3) is 0.208. The monoisotopic (exact) mass is 449 g/mol. The summed E-state index contributed by atoms with van der Waals surface area (Å²) in [7, 11) is 0. The second-order valence-electron chi connectivity index (χ2n) is 7.84. The first-order chi connectivity index (χ1) is 15.5. The fourth-order valence-electron chi connectivity index (χ4n) is 4.31. The van der Waals surface area contributed by atoms with Crippen LogP contribution in [0.15, 0.2) is 69.8 Å². The number of fused-ring (bicyclic) bond motifs is 1. The number of halogens is 1. The van der Waals surface area contributed by atoms with Gasteiger partial charge in [0.1, 0.15) is 17.4 Å². The average Bonchev–Trinajstić information content (AvgIpc) is 2.77. The number of hydrogen-bond donors (Lipinski definition) is 3. The van der Waals surface area contributed by atoms with Crippen LogP contribution in [0.4, 0.5) is 10.2 Å². The molecule has 6 nitrogen and oxygen atoms in total. The number of aromatic amines is 1. The number of carbonyl (C=O) groups is 1. The molecule has 0 bridgehead atoms. The summed E-state index contributed by atoms with van der Waals surface area (Å²) in [5.74, 6) is -0.145. The summed E-state index contributed by atoms with van der Waals surface area (Å²) in [4.78, 5) is 33.4. The van der Waals surface area contributed by atoms with Gasteiger partial charge in [0.25, 0.3) is 5.56 Å². The number of nitrogens with one attached hydrogen (secondary N) is 2. The number of benzene rings is 2. The zero-order valence-corrected chi connectivity index (χ0v) is 17.8. The number of H-pyrrole nitrogens is 1. The van der Waals surface area contributed by atoms with E-state index in [1.54, 1.807) is 42.5 Å². The third-order valence-corrected chi connectivity index (χ3v) is 6.68. The predicted octanol–water partition coefficient (Wildman–Crippen LogP) is 4.47. The maximum atomic E-state index is 14.0. The molecule has 0 fully saturated rings. The van der Waals surface area contributed by atoms with E-state index in [0.29, 0.717) is 51.8 Å². The van der Waals surface area contributed by atoms with E-state index < -0.39 is 5.92 Å². The first-order valence-corrected chi connectivity index (χ1v) is 11.3. The molecule has 0 saturated carbocycles. The molecule has 1 unspecified atom stereocenters. The Balaban J connectivity index is 1.57. The molecule has 3 aromatic rings. The molecule has 2 aliphatic rings. The molecule has 1 atom stereocenters. The number of anilines is 1. The maximum Gasteiger partial charge on any atom is 0.257 e. The van der Waals surface area contributed by atoms with Crippen molar-refractivity contribution in [3.05, 3.63) is 92.7 Å². The van der Waals surface area contributed by atoms with Gasteiger partial charge >= 0.3 is 0 Å². The Morgan fingerprint density at radius 3 is 2.78 bits per heavy atom. The fourth-order valence-corrected chi connectivity index (χ4v) is 5.16. The number of hydrogen-bond acceptors (Lipinski definition) is 6. The lowest BCUT2D eigenvalue weighted by Crippen LogP contribution is -2.32. The highest BCUT2D eigenvalue weighted by atomic mass is 32.2. The maximum absolute atomic E-state index is 14.0. The van der Waals surface area contributed by atoms with Gasteiger partial charge in [-0.2, -0.15) is 0 Å². The zero-order chi connectivity index (χ0) is 22.2. The van der Waals surface area contributed by atoms with Gasteiger partial charge in [0.2, 0.25) is 0 Å². The minimum Gasteiger partial charge on any atom is -0.508 e. The van der Waals surface area contributed by atoms with Gasteiger partial charge in [-0.1, -0.05) is 42.1 Å². The van der Waals surface area contributed by atoms with Crippen LogP contribution in [0, 0.1) is 5.82 Å². The van der Waals surface area contributed by atoms with E-state index in [-0.39, 0.29) is 22.9 Å². The number of ketones is 1. The van der Waals surface area contributed by atoms with Crippen molar-refractivity contribution in [1.82, 2.24) is 9.97 Å². The Morgan fingerprint density at radius 2 is 1.97 bits per heavy atom. The van der Waals surface area contributed by atoms with Crippen LogP contribution in [-0.4, -0.2) is 20.9 Å². The van der Waals surface area contributed by atoms with Crippen LogP contribution in [-0.2, 0) is 10.5 Å². The number of phenols is 1. The molecule has 1 aliphatic carbocycles. The molecule has 0 saturated heterocycles. The second-order valence-corrected chi connectivity index (χ2v) is 8.80. The molecule has 162 valence electrons. The number of aromatic nitrogens is 2. The first-order valence-electron chi connectivity index (χ1n) is 10.3. The van der Waals surface area contributed by atoms with Gasteiger partial charge in [0, 0.05) is 29.4 Å². The third kappa shape index (κ3) is 3.71. The largest absolute Gasteiger partial charge is 0.508 e. The summed E-state index contributed by atoms with van der Waals surface area (Å²) in [6.45, 7) is 0. The smallest absolute Gasteiger partial charge is 0.257 e. The topological polar surface area (TPSA) is 95.1 Å².